The van der Waals surface area contributed by atoms with Crippen LogP contribution in [0.1, 0.15) is 226 Å². The molecule has 0 heteroatoms. The maximum atomic E-state index is 2.46. The summed E-state index contributed by atoms with van der Waals surface area (Å²) in [6, 6.07) is 148. The van der Waals surface area contributed by atoms with Crippen LogP contribution in [0.3, 0.4) is 0 Å². The lowest BCUT2D eigenvalue weighted by molar-refractivity contribution is -0.0399. The van der Waals surface area contributed by atoms with Crippen molar-refractivity contribution in [2.75, 3.05) is 0 Å². The van der Waals surface area contributed by atoms with Gasteiger partial charge in [-0.2, -0.15) is 0 Å². The van der Waals surface area contributed by atoms with Gasteiger partial charge in [-0.25, -0.2) is 0 Å². The number of rotatable bonds is 10. The van der Waals surface area contributed by atoms with Gasteiger partial charge in [0, 0.05) is 21.7 Å². The number of hydrogen-bond donors (Lipinski definition) is 0. The van der Waals surface area contributed by atoms with Crippen molar-refractivity contribution in [2.45, 2.75) is 169 Å². The fourth-order valence-corrected chi connectivity index (χ4v) is 27.6. The molecule has 0 radical (unpaired) electrons. The third-order valence-electron chi connectivity index (χ3n) is 32.4. The van der Waals surface area contributed by atoms with E-state index in [1.807, 2.05) is 0 Å². The van der Waals surface area contributed by atoms with Crippen molar-refractivity contribution >= 4 is 0 Å². The molecule has 0 unspecified atom stereocenters. The Labute approximate surface area is 755 Å². The topological polar surface area (TPSA) is 0 Å². The first-order chi connectivity index (χ1) is 62.7. The summed E-state index contributed by atoms with van der Waals surface area (Å²) >= 11 is 0. The molecule has 5 saturated carbocycles. The van der Waals surface area contributed by atoms with E-state index < -0.39 is 0 Å². The van der Waals surface area contributed by atoms with Crippen molar-refractivity contribution in [3.63, 3.8) is 0 Å². The van der Waals surface area contributed by atoms with Gasteiger partial charge in [-0.1, -0.05) is 479 Å². The summed E-state index contributed by atoms with van der Waals surface area (Å²) in [5.41, 5.74) is 44.2. The van der Waals surface area contributed by atoms with Gasteiger partial charge < -0.3 is 0 Å². The summed E-state index contributed by atoms with van der Waals surface area (Å²) < 4.78 is 0. The summed E-state index contributed by atoms with van der Waals surface area (Å²) in [6.07, 6.45) is 23.5. The molecule has 16 aromatic carbocycles. The average molecular weight is 1640 g/mol. The molecule has 0 atom stereocenters. The van der Waals surface area contributed by atoms with Crippen LogP contribution in [0, 0.1) is 23.7 Å². The van der Waals surface area contributed by atoms with Crippen LogP contribution in [0.5, 0.6) is 0 Å². The highest BCUT2D eigenvalue weighted by atomic mass is 14.6. The molecular weight excluding hydrogens is 1530 g/mol. The zero-order valence-electron chi connectivity index (χ0n) is 74.4. The fraction of sp³-hybridized carbons (Fsp3) is 0.244. The van der Waals surface area contributed by atoms with Gasteiger partial charge in [0.05, 0.1) is 10.8 Å². The third kappa shape index (κ3) is 12.6. The lowest BCUT2D eigenvalue weighted by Gasteiger charge is -2.61. The van der Waals surface area contributed by atoms with Gasteiger partial charge >= 0.3 is 0 Å². The van der Waals surface area contributed by atoms with Crippen LogP contribution in [0.4, 0.5) is 0 Å². The largest absolute Gasteiger partial charge is 0.0725 e. The Kier molecular flexibility index (Phi) is 20.9. The molecule has 12 aliphatic rings. The lowest BCUT2D eigenvalue weighted by atomic mass is 9.43. The molecule has 16 aromatic rings. The van der Waals surface area contributed by atoms with Crippen LogP contribution >= 0.6 is 0 Å². The molecule has 0 aliphatic heterocycles. The molecule has 5 fully saturated rings. The highest BCUT2D eigenvalue weighted by Crippen LogP contribution is 2.70. The zero-order chi connectivity index (χ0) is 85.3. The summed E-state index contributed by atoms with van der Waals surface area (Å²) in [5, 5.41) is 0. The predicted molar refractivity (Wildman–Crippen MR) is 532 cm³/mol. The van der Waals surface area contributed by atoms with E-state index in [1.165, 1.54) is 243 Å². The molecule has 0 saturated heterocycles. The first kappa shape index (κ1) is 80.4. The predicted octanol–water partition coefficient (Wildman–Crippen LogP) is 33.1. The van der Waals surface area contributed by atoms with Gasteiger partial charge in [0.1, 0.15) is 0 Å². The van der Waals surface area contributed by atoms with E-state index in [-0.39, 0.29) is 21.7 Å². The highest BCUT2D eigenvalue weighted by Gasteiger charge is 2.62. The molecule has 0 heterocycles. The Hall–Kier alpha value is -12.5. The van der Waals surface area contributed by atoms with E-state index in [9.17, 15) is 0 Å². The van der Waals surface area contributed by atoms with Gasteiger partial charge in [0.2, 0.25) is 0 Å². The van der Waals surface area contributed by atoms with Crippen molar-refractivity contribution in [2.24, 2.45) is 23.7 Å². The molecular formula is C127H116. The highest BCUT2D eigenvalue weighted by molar-refractivity contribution is 5.96. The molecule has 0 nitrogen and oxygen atoms in total. The van der Waals surface area contributed by atoms with Gasteiger partial charge in [-0.15, -0.1) is 0 Å². The molecule has 0 aromatic heterocycles. The molecule has 12 aliphatic carbocycles. The minimum Gasteiger partial charge on any atom is -0.0654 e. The maximum Gasteiger partial charge on any atom is 0.0725 e. The standard InChI is InChI=1S/C25H16.C25H18.C23H30.C22H22.C17H16.C15H14/c1-5-13-21-17(9-1)18-10-2-6-14-22(18)25(21)23-15-7-3-11-19(23)20-12-4-8-16-24(20)25;1-3-11-19(12-4-1)25(20-13-5-2-6-14-20)23-17-9-7-15-21(23)22-16-8-10-18-24(22)25;1-3-5-11-17-23(18-12-6-4-2)21-15-9-7-13-19(21)20-14-8-10-16-22(20)23;1-3-7-20-18(5-1)19-6-2-4-8-21(19)22(20)16-10-14-9-15(12-16)13-17(22)11-14;1-3-9-15-13(7-1)14-8-2-4-10-16(14)17(15)11-5-6-12-17;1-15(2)13-9-5-3-7-11(13)12-8-4-6-10-14(12)15/h1-16H;1-18H;7-10,13-16H,3-6,11-12,17-18H2,1-2H3;1-8,14-17H,9-13H2;1-4,7-10H,5-6,11-12H2;3-10H,1-2H3. The minimum atomic E-state index is -0.254. The van der Waals surface area contributed by atoms with Crippen LogP contribution in [0.25, 0.3) is 77.9 Å². The van der Waals surface area contributed by atoms with Gasteiger partial charge in [0.25, 0.3) is 0 Å². The lowest BCUT2D eigenvalue weighted by Crippen LogP contribution is -2.55. The SMILES string of the molecule is CC1(C)c2ccccc2-c2ccccc21.CCCCCC1(CCCCC)c2ccccc2-c2ccccc21.c1ccc(C2(c3ccccc3)c3ccccc3-c3ccccc32)cc1.c1ccc2c(c1)-c1ccccc1C21C2CC3CC(C2)CC1C3.c1ccc2c(c1)-c1ccccc1C21CCCC1.c1ccc2c(c1)-c1ccccc1C21c2ccccc2-c2ccccc21. The summed E-state index contributed by atoms with van der Waals surface area (Å²) in [6.45, 7) is 9.22. The van der Waals surface area contributed by atoms with E-state index in [1.54, 1.807) is 33.4 Å². The molecule has 0 N–H and O–H groups in total. The maximum absolute atomic E-state index is 2.46. The van der Waals surface area contributed by atoms with E-state index in [0.29, 0.717) is 10.8 Å². The van der Waals surface area contributed by atoms with E-state index >= 15 is 0 Å². The van der Waals surface area contributed by atoms with Crippen molar-refractivity contribution in [1.29, 1.82) is 0 Å². The number of hydrogen-bond acceptors (Lipinski definition) is 0. The third-order valence-corrected chi connectivity index (χ3v) is 32.4. The number of benzene rings is 16. The molecule has 624 valence electrons. The number of unbranched alkanes of at least 4 members (excludes halogenated alkanes) is 4. The van der Waals surface area contributed by atoms with Crippen LogP contribution in [0.15, 0.2) is 400 Å². The first-order valence-electron chi connectivity index (χ1n) is 48.1. The Morgan fingerprint density at radius 2 is 0.433 bits per heavy atom. The Balaban J connectivity index is 0.0000000907. The van der Waals surface area contributed by atoms with Crippen LogP contribution in [-0.4, -0.2) is 0 Å². The first-order valence-corrected chi connectivity index (χ1v) is 48.1. The van der Waals surface area contributed by atoms with Crippen molar-refractivity contribution in [3.8, 4) is 77.9 Å². The summed E-state index contributed by atoms with van der Waals surface area (Å²) in [4.78, 5) is 0. The van der Waals surface area contributed by atoms with Crippen LogP contribution in [-0.2, 0) is 32.5 Å². The Morgan fingerprint density at radius 1 is 0.213 bits per heavy atom. The quantitative estimate of drug-likeness (QED) is 0.120. The van der Waals surface area contributed by atoms with Crippen molar-refractivity contribution < 1.29 is 0 Å². The molecule has 28 rings (SSSR count). The fourth-order valence-electron chi connectivity index (χ4n) is 27.6. The summed E-state index contributed by atoms with van der Waals surface area (Å²) in [5.74, 6) is 3.86. The van der Waals surface area contributed by atoms with E-state index in [4.69, 9.17) is 0 Å². The zero-order valence-corrected chi connectivity index (χ0v) is 74.4. The second-order valence-electron chi connectivity index (χ2n) is 39.0. The smallest absolute Gasteiger partial charge is 0.0654 e. The van der Waals surface area contributed by atoms with Crippen LogP contribution < -0.4 is 0 Å². The molecule has 3 spiro atoms. The van der Waals surface area contributed by atoms with Crippen molar-refractivity contribution in [1.82, 2.24) is 0 Å². The second kappa shape index (κ2) is 33.1. The summed E-state index contributed by atoms with van der Waals surface area (Å²) in [7, 11) is 0. The second-order valence-corrected chi connectivity index (χ2v) is 39.0. The van der Waals surface area contributed by atoms with E-state index in [0.717, 1.165) is 23.7 Å². The molecule has 127 heavy (non-hydrogen) atoms. The number of fused-ring (bicyclic) bond motifs is 27. The molecule has 4 bridgehead atoms. The molecule has 0 amide bonds. The normalized spacial score (nSPS) is 18.9. The Morgan fingerprint density at radius 3 is 0.732 bits per heavy atom. The van der Waals surface area contributed by atoms with Gasteiger partial charge in [-0.05, 0) is 248 Å². The van der Waals surface area contributed by atoms with Crippen LogP contribution in [0.2, 0.25) is 0 Å². The minimum absolute atomic E-state index is 0.160. The monoisotopic (exact) mass is 1640 g/mol. The van der Waals surface area contributed by atoms with Gasteiger partial charge in [0.15, 0.2) is 0 Å². The Bertz CT molecular complexity index is 6130. The van der Waals surface area contributed by atoms with Gasteiger partial charge in [-0.3, -0.25) is 0 Å². The average Bonchev–Trinajstić information content (AvgIpc) is 1.52. The van der Waals surface area contributed by atoms with E-state index in [2.05, 4.69) is 428 Å². The van der Waals surface area contributed by atoms with Crippen molar-refractivity contribution in [3.05, 3.63) is 489 Å².